The SMILES string of the molecule is NCCCCn1c(-c2ccc3[nH]c(=O)oc3c2)csc1=O. The average Bonchev–Trinajstić information content (AvgIpc) is 3.01. The number of hydrogen-bond acceptors (Lipinski definition) is 5. The highest BCUT2D eigenvalue weighted by Gasteiger charge is 2.11. The largest absolute Gasteiger partial charge is 0.417 e. The van der Waals surface area contributed by atoms with Crippen LogP contribution >= 0.6 is 11.3 Å². The highest BCUT2D eigenvalue weighted by molar-refractivity contribution is 7.07. The van der Waals surface area contributed by atoms with E-state index in [1.807, 2.05) is 11.4 Å². The van der Waals surface area contributed by atoms with Crippen LogP contribution in [0, 0.1) is 0 Å². The summed E-state index contributed by atoms with van der Waals surface area (Å²) in [6.07, 6.45) is 1.75. The molecule has 0 fully saturated rings. The zero-order valence-electron chi connectivity index (χ0n) is 11.3. The predicted octanol–water partition coefficient (Wildman–Crippen LogP) is 1.75. The van der Waals surface area contributed by atoms with Gasteiger partial charge >= 0.3 is 10.6 Å². The van der Waals surface area contributed by atoms with Crippen LogP contribution in [0.1, 0.15) is 12.8 Å². The van der Waals surface area contributed by atoms with Gasteiger partial charge in [-0.15, -0.1) is 0 Å². The molecule has 2 aromatic heterocycles. The lowest BCUT2D eigenvalue weighted by atomic mass is 10.1. The third kappa shape index (κ3) is 2.70. The van der Waals surface area contributed by atoms with Gasteiger partial charge in [-0.25, -0.2) is 4.79 Å². The first-order chi connectivity index (χ1) is 10.2. The number of thiazole rings is 1. The molecule has 2 heterocycles. The van der Waals surface area contributed by atoms with Crippen molar-refractivity contribution in [1.82, 2.24) is 9.55 Å². The van der Waals surface area contributed by atoms with Gasteiger partial charge in [0.1, 0.15) is 0 Å². The molecular weight excluding hydrogens is 290 g/mol. The van der Waals surface area contributed by atoms with E-state index in [4.69, 9.17) is 10.2 Å². The minimum atomic E-state index is -0.479. The van der Waals surface area contributed by atoms with Gasteiger partial charge in [0.15, 0.2) is 5.58 Å². The second-order valence-corrected chi connectivity index (χ2v) is 5.58. The topological polar surface area (TPSA) is 94.0 Å². The van der Waals surface area contributed by atoms with E-state index in [2.05, 4.69) is 4.98 Å². The minimum Gasteiger partial charge on any atom is -0.408 e. The lowest BCUT2D eigenvalue weighted by Crippen LogP contribution is -2.15. The number of aromatic nitrogens is 2. The highest BCUT2D eigenvalue weighted by Crippen LogP contribution is 2.24. The fourth-order valence-corrected chi connectivity index (χ4v) is 3.08. The third-order valence-corrected chi connectivity index (χ3v) is 4.10. The van der Waals surface area contributed by atoms with Crippen LogP contribution in [-0.2, 0) is 6.54 Å². The summed E-state index contributed by atoms with van der Waals surface area (Å²) >= 11 is 1.17. The van der Waals surface area contributed by atoms with E-state index in [0.29, 0.717) is 24.2 Å². The van der Waals surface area contributed by atoms with Crippen molar-refractivity contribution in [1.29, 1.82) is 0 Å². The number of nitrogens with one attached hydrogen (secondary N) is 1. The summed E-state index contributed by atoms with van der Waals surface area (Å²) in [6.45, 7) is 1.26. The van der Waals surface area contributed by atoms with E-state index >= 15 is 0 Å². The zero-order chi connectivity index (χ0) is 14.8. The fourth-order valence-electron chi connectivity index (χ4n) is 2.29. The van der Waals surface area contributed by atoms with E-state index in [1.165, 1.54) is 11.3 Å². The number of oxazole rings is 1. The van der Waals surface area contributed by atoms with Gasteiger partial charge in [-0.1, -0.05) is 17.4 Å². The number of hydrogen-bond donors (Lipinski definition) is 2. The fraction of sp³-hybridized carbons (Fsp3) is 0.286. The summed E-state index contributed by atoms with van der Waals surface area (Å²) in [4.78, 5) is 25.7. The van der Waals surface area contributed by atoms with Gasteiger partial charge in [0, 0.05) is 17.5 Å². The second-order valence-electron chi connectivity index (χ2n) is 4.76. The summed E-state index contributed by atoms with van der Waals surface area (Å²) in [5.41, 5.74) is 8.33. The molecule has 0 aliphatic rings. The summed E-state index contributed by atoms with van der Waals surface area (Å²) in [5.74, 6) is -0.479. The molecule has 3 aromatic rings. The number of fused-ring (bicyclic) bond motifs is 1. The van der Waals surface area contributed by atoms with Crippen LogP contribution in [0.4, 0.5) is 0 Å². The van der Waals surface area contributed by atoms with Crippen LogP contribution in [0.2, 0.25) is 0 Å². The van der Waals surface area contributed by atoms with Gasteiger partial charge in [0.05, 0.1) is 11.2 Å². The Morgan fingerprint density at radius 3 is 2.95 bits per heavy atom. The maximum absolute atomic E-state index is 11.9. The van der Waals surface area contributed by atoms with Gasteiger partial charge in [-0.05, 0) is 31.5 Å². The molecular formula is C14H15N3O3S. The Hall–Kier alpha value is -2.12. The second kappa shape index (κ2) is 5.71. The molecule has 3 N–H and O–H groups in total. The molecule has 0 amide bonds. The van der Waals surface area contributed by atoms with E-state index < -0.39 is 5.76 Å². The van der Waals surface area contributed by atoms with E-state index in [9.17, 15) is 9.59 Å². The lowest BCUT2D eigenvalue weighted by Gasteiger charge is -2.07. The molecule has 0 bridgehead atoms. The molecule has 0 aliphatic carbocycles. The molecule has 0 radical (unpaired) electrons. The zero-order valence-corrected chi connectivity index (χ0v) is 12.1. The highest BCUT2D eigenvalue weighted by atomic mass is 32.1. The molecule has 0 saturated carbocycles. The van der Waals surface area contributed by atoms with Gasteiger partial charge < -0.3 is 10.2 Å². The normalized spacial score (nSPS) is 11.3. The Morgan fingerprint density at radius 1 is 1.29 bits per heavy atom. The van der Waals surface area contributed by atoms with Crippen molar-refractivity contribution in [3.63, 3.8) is 0 Å². The lowest BCUT2D eigenvalue weighted by molar-refractivity contribution is 0.555. The van der Waals surface area contributed by atoms with Gasteiger partial charge in [-0.3, -0.25) is 14.3 Å². The van der Waals surface area contributed by atoms with Crippen molar-refractivity contribution in [3.05, 3.63) is 43.8 Å². The monoisotopic (exact) mass is 305 g/mol. The number of nitrogens with two attached hydrogens (primary N) is 1. The maximum Gasteiger partial charge on any atom is 0.417 e. The quantitative estimate of drug-likeness (QED) is 0.702. The molecule has 110 valence electrons. The number of aromatic amines is 1. The molecule has 1 aromatic carbocycles. The van der Waals surface area contributed by atoms with Gasteiger partial charge in [0.25, 0.3) is 0 Å². The standard InChI is InChI=1S/C14H15N3O3S/c15-5-1-2-6-17-11(8-21-14(17)19)9-3-4-10-12(7-9)20-13(18)16-10/h3-4,7-8H,1-2,5-6,15H2,(H,16,18). The van der Waals surface area contributed by atoms with Crippen molar-refractivity contribution < 1.29 is 4.42 Å². The maximum atomic E-state index is 11.9. The van der Waals surface area contributed by atoms with Gasteiger partial charge in [0.2, 0.25) is 0 Å². The van der Waals surface area contributed by atoms with Crippen LogP contribution in [-0.4, -0.2) is 16.1 Å². The molecule has 0 atom stereocenters. The number of unbranched alkanes of at least 4 members (excludes halogenated alkanes) is 1. The van der Waals surface area contributed by atoms with Gasteiger partial charge in [-0.2, -0.15) is 0 Å². The average molecular weight is 305 g/mol. The third-order valence-electron chi connectivity index (χ3n) is 3.34. The Balaban J connectivity index is 2.01. The summed E-state index contributed by atoms with van der Waals surface area (Å²) in [6, 6.07) is 5.42. The Bertz CT molecular complexity index is 871. The minimum absolute atomic E-state index is 0.0117. The van der Waals surface area contributed by atoms with Crippen LogP contribution in [0.25, 0.3) is 22.4 Å². The Labute approximate surface area is 123 Å². The Kier molecular flexibility index (Phi) is 3.76. The van der Waals surface area contributed by atoms with E-state index in [-0.39, 0.29) is 4.87 Å². The molecule has 0 aliphatic heterocycles. The first-order valence-electron chi connectivity index (χ1n) is 6.70. The van der Waals surface area contributed by atoms with Crippen LogP contribution in [0.3, 0.4) is 0 Å². The first kappa shape index (κ1) is 13.8. The molecule has 3 rings (SSSR count). The molecule has 6 nitrogen and oxygen atoms in total. The molecule has 0 unspecified atom stereocenters. The summed E-state index contributed by atoms with van der Waals surface area (Å²) in [7, 11) is 0. The van der Waals surface area contributed by atoms with Crippen molar-refractivity contribution in [3.8, 4) is 11.3 Å². The Morgan fingerprint density at radius 2 is 2.14 bits per heavy atom. The number of rotatable bonds is 5. The van der Waals surface area contributed by atoms with Crippen molar-refractivity contribution >= 4 is 22.4 Å². The molecule has 0 spiro atoms. The van der Waals surface area contributed by atoms with Crippen LogP contribution < -0.4 is 16.4 Å². The summed E-state index contributed by atoms with van der Waals surface area (Å²) in [5, 5.41) is 1.83. The van der Waals surface area contributed by atoms with Crippen molar-refractivity contribution in [2.75, 3.05) is 6.54 Å². The number of nitrogens with zero attached hydrogens (tertiary/aromatic N) is 1. The van der Waals surface area contributed by atoms with Crippen LogP contribution in [0.5, 0.6) is 0 Å². The molecule has 0 saturated heterocycles. The number of benzene rings is 1. The number of H-pyrrole nitrogens is 1. The first-order valence-corrected chi connectivity index (χ1v) is 7.58. The van der Waals surface area contributed by atoms with E-state index in [1.54, 1.807) is 16.7 Å². The van der Waals surface area contributed by atoms with Crippen molar-refractivity contribution in [2.24, 2.45) is 5.73 Å². The van der Waals surface area contributed by atoms with E-state index in [0.717, 1.165) is 24.1 Å². The predicted molar refractivity (Wildman–Crippen MR) is 82.7 cm³/mol. The summed E-state index contributed by atoms with van der Waals surface area (Å²) < 4.78 is 6.81. The van der Waals surface area contributed by atoms with Crippen molar-refractivity contribution in [2.45, 2.75) is 19.4 Å². The molecule has 21 heavy (non-hydrogen) atoms. The van der Waals surface area contributed by atoms with Crippen LogP contribution in [0.15, 0.2) is 37.6 Å². The smallest absolute Gasteiger partial charge is 0.408 e. The molecule has 7 heteroatoms.